The van der Waals surface area contributed by atoms with E-state index in [0.717, 1.165) is 96.3 Å². The zero-order valence-electron chi connectivity index (χ0n) is 49.4. The van der Waals surface area contributed by atoms with Crippen LogP contribution in [0.2, 0.25) is 0 Å². The molecule has 448 valence electrons. The number of carbonyl (C=O) groups excluding carboxylic acids is 2. The van der Waals surface area contributed by atoms with Crippen molar-refractivity contribution in [2.24, 2.45) is 21.2 Å². The van der Waals surface area contributed by atoms with Crippen LogP contribution < -0.4 is 10.1 Å². The minimum Gasteiger partial charge on any atom is -0.508 e. The number of amidine groups is 1. The lowest BCUT2D eigenvalue weighted by atomic mass is 9.77. The number of carbonyl (C=O) groups is 3. The number of esters is 2. The number of aliphatic imine (C=N–C) groups is 1. The first-order chi connectivity index (χ1) is 38.1. The maximum absolute atomic E-state index is 11.8. The number of aliphatic carboxylic acids is 1. The Bertz CT molecular complexity index is 2810. The largest absolute Gasteiger partial charge is 0.508 e. The highest BCUT2D eigenvalue weighted by molar-refractivity contribution is 5.86. The molecule has 0 bridgehead atoms. The average molecular weight is 1170 g/mol. The maximum atomic E-state index is 11.8. The van der Waals surface area contributed by atoms with Gasteiger partial charge in [0, 0.05) is 101 Å². The molecule has 4 fully saturated rings. The topological polar surface area (TPSA) is 174 Å². The third kappa shape index (κ3) is 18.9. The molecular weight excluding hydrogens is 1080 g/mol. The Morgan fingerprint density at radius 1 is 0.634 bits per heavy atom. The highest BCUT2D eigenvalue weighted by Gasteiger charge is 2.48. The quantitative estimate of drug-likeness (QED) is 0.0874. The van der Waals surface area contributed by atoms with Gasteiger partial charge < -0.3 is 49.5 Å². The second kappa shape index (κ2) is 28.8. The summed E-state index contributed by atoms with van der Waals surface area (Å²) in [5.41, 5.74) is 9.75. The zero-order chi connectivity index (χ0) is 57.1. The number of aromatic hydroxyl groups is 2. The van der Waals surface area contributed by atoms with Crippen LogP contribution in [0.15, 0.2) is 103 Å². The lowest BCUT2D eigenvalue weighted by Crippen LogP contribution is -2.57. The third-order valence-corrected chi connectivity index (χ3v) is 16.3. The second-order valence-corrected chi connectivity index (χ2v) is 25.9. The van der Waals surface area contributed by atoms with E-state index in [2.05, 4.69) is 68.0 Å². The van der Waals surface area contributed by atoms with E-state index in [-0.39, 0.29) is 43.2 Å². The Morgan fingerprint density at radius 2 is 1.15 bits per heavy atom. The SMILES string of the molecule is C1CCC2=NCCCN2CC1.C=CC(=O)OC(C)(C)C.CC(C)(C)OC(=O)CCN1CC2(Cc3ccc(O)cc3C2)C1.Cl.Cl.O=C(O)CCN1CC2(Cc3ccc(OCc4ccccc4)cc3C2)C1.Oc1ccc2c(c1)CC1(CNC1)C2. The number of benzene rings is 4. The summed E-state index contributed by atoms with van der Waals surface area (Å²) in [5.74, 6) is 1.89. The number of rotatable bonds is 10. The molecule has 0 aromatic heterocycles. The van der Waals surface area contributed by atoms with Crippen molar-refractivity contribution >= 4 is 48.6 Å². The van der Waals surface area contributed by atoms with Gasteiger partial charge in [-0.15, -0.1) is 24.8 Å². The molecule has 0 saturated carbocycles. The summed E-state index contributed by atoms with van der Waals surface area (Å²) >= 11 is 0. The first-order valence-electron chi connectivity index (χ1n) is 29.2. The van der Waals surface area contributed by atoms with E-state index in [1.165, 1.54) is 96.4 Å². The number of carboxylic acid groups (broad SMARTS) is 1. The van der Waals surface area contributed by atoms with Crippen molar-refractivity contribution in [3.8, 4) is 17.2 Å². The van der Waals surface area contributed by atoms with E-state index in [1.54, 1.807) is 12.1 Å². The molecule has 82 heavy (non-hydrogen) atoms. The Kier molecular flexibility index (Phi) is 23.0. The maximum Gasteiger partial charge on any atom is 0.330 e. The number of carboxylic acids is 1. The summed E-state index contributed by atoms with van der Waals surface area (Å²) < 4.78 is 16.1. The molecule has 8 aliphatic rings. The monoisotopic (exact) mass is 1170 g/mol. The van der Waals surface area contributed by atoms with Gasteiger partial charge in [0.1, 0.15) is 35.1 Å². The van der Waals surface area contributed by atoms with Crippen LogP contribution in [0.1, 0.15) is 125 Å². The molecule has 5 heterocycles. The summed E-state index contributed by atoms with van der Waals surface area (Å²) in [5, 5.41) is 31.1. The highest BCUT2D eigenvalue weighted by atomic mass is 35.5. The van der Waals surface area contributed by atoms with Crippen molar-refractivity contribution in [2.75, 3.05) is 72.0 Å². The first-order valence-corrected chi connectivity index (χ1v) is 29.2. The number of phenols is 2. The second-order valence-electron chi connectivity index (χ2n) is 25.9. The number of phenolic OH excluding ortho intramolecular Hbond substituents is 2. The van der Waals surface area contributed by atoms with E-state index < -0.39 is 17.2 Å². The van der Waals surface area contributed by atoms with E-state index >= 15 is 0 Å². The average Bonchev–Trinajstić information content (AvgIpc) is 4.22. The molecule has 4 aromatic carbocycles. The van der Waals surface area contributed by atoms with Gasteiger partial charge >= 0.3 is 17.9 Å². The fourth-order valence-electron chi connectivity index (χ4n) is 12.8. The molecule has 0 unspecified atom stereocenters. The Labute approximate surface area is 499 Å². The van der Waals surface area contributed by atoms with E-state index in [4.69, 9.17) is 19.3 Å². The van der Waals surface area contributed by atoms with Crippen molar-refractivity contribution in [3.63, 3.8) is 0 Å². The standard InChI is InChI=1S/C21H23NO3.C18H25NO3.C11H13NO.C9H16N2.C7H12O2.2ClH/c23-20(24)8-9-22-14-21(15-22)11-17-6-7-19(10-18(17)12-21)25-13-16-4-2-1-3-5-16;1-17(2,3)22-16(21)6-7-19-11-18(12-19)9-13-4-5-15(20)8-14(13)10-18;13-10-2-1-8-4-11(6-12-7-11)5-9(8)3-10;1-2-5-9-10-6-4-8-11(9)7-3-1;1-5-6(8)9-7(2,3)4;;/h1-7,10H,8-9,11-15H2,(H,23,24);4-5,8,20H,6-7,9-12H2,1-3H3;1-3,12-13H,4-7H2;1-8H2;5H,1H2,2-4H3;2*1H. The lowest BCUT2D eigenvalue weighted by Gasteiger charge is -2.48. The van der Waals surface area contributed by atoms with Gasteiger partial charge in [-0.05, 0) is 175 Å². The van der Waals surface area contributed by atoms with E-state index in [9.17, 15) is 24.6 Å². The molecule has 16 heteroatoms. The minimum atomic E-state index is -0.712. The van der Waals surface area contributed by atoms with Gasteiger partial charge in [0.2, 0.25) is 0 Å². The summed E-state index contributed by atoms with van der Waals surface area (Å²) in [7, 11) is 0. The van der Waals surface area contributed by atoms with Gasteiger partial charge in [-0.3, -0.25) is 14.6 Å². The molecule has 4 saturated heterocycles. The highest BCUT2D eigenvalue weighted by Crippen LogP contribution is 2.46. The van der Waals surface area contributed by atoms with Crippen LogP contribution in [0.5, 0.6) is 17.2 Å². The summed E-state index contributed by atoms with van der Waals surface area (Å²) in [6, 6.07) is 28.2. The van der Waals surface area contributed by atoms with E-state index in [0.29, 0.717) is 47.3 Å². The predicted molar refractivity (Wildman–Crippen MR) is 329 cm³/mol. The first kappa shape index (κ1) is 65.5. The molecule has 0 amide bonds. The molecule has 4 N–H and O–H groups in total. The Balaban J connectivity index is 0.000000172. The van der Waals surface area contributed by atoms with Gasteiger partial charge in [0.15, 0.2) is 0 Å². The molecular formula is C66H91Cl2N5O9. The molecule has 0 radical (unpaired) electrons. The zero-order valence-corrected chi connectivity index (χ0v) is 51.1. The van der Waals surface area contributed by atoms with Crippen molar-refractivity contribution in [3.05, 3.63) is 137 Å². The number of nitrogens with one attached hydrogen (secondary N) is 1. The smallest absolute Gasteiger partial charge is 0.330 e. The van der Waals surface area contributed by atoms with Crippen LogP contribution in [-0.4, -0.2) is 137 Å². The Morgan fingerprint density at radius 3 is 1.67 bits per heavy atom. The normalized spacial score (nSPS) is 19.0. The van der Waals surface area contributed by atoms with Crippen molar-refractivity contribution < 1.29 is 43.9 Å². The van der Waals surface area contributed by atoms with Crippen molar-refractivity contribution in [1.82, 2.24) is 20.0 Å². The van der Waals surface area contributed by atoms with Gasteiger partial charge in [-0.2, -0.15) is 0 Å². The van der Waals surface area contributed by atoms with E-state index in [1.807, 2.05) is 77.9 Å². The van der Waals surface area contributed by atoms with Crippen LogP contribution in [0.3, 0.4) is 0 Å². The molecule has 4 aromatic rings. The number of nitrogens with zero attached hydrogens (tertiary/aromatic N) is 4. The fourth-order valence-corrected chi connectivity index (χ4v) is 12.8. The van der Waals surface area contributed by atoms with Crippen LogP contribution in [0, 0.1) is 16.2 Å². The summed E-state index contributed by atoms with van der Waals surface area (Å²) in [6.45, 7) is 26.4. The van der Waals surface area contributed by atoms with Crippen LogP contribution in [0.25, 0.3) is 0 Å². The molecule has 12 rings (SSSR count). The molecule has 0 atom stereocenters. The number of hydrogen-bond donors (Lipinski definition) is 4. The molecule has 3 spiro atoms. The third-order valence-electron chi connectivity index (χ3n) is 16.3. The number of halogens is 2. The van der Waals surface area contributed by atoms with Gasteiger partial charge in [0.25, 0.3) is 0 Å². The summed E-state index contributed by atoms with van der Waals surface area (Å²) in [6.07, 6.45) is 15.1. The predicted octanol–water partition coefficient (Wildman–Crippen LogP) is 10.8. The molecule has 5 aliphatic heterocycles. The molecule has 14 nitrogen and oxygen atoms in total. The number of fused-ring (bicyclic) bond motifs is 4. The minimum absolute atomic E-state index is 0. The van der Waals surface area contributed by atoms with Gasteiger partial charge in [-0.25, -0.2) is 4.79 Å². The van der Waals surface area contributed by atoms with Crippen LogP contribution >= 0.6 is 24.8 Å². The van der Waals surface area contributed by atoms with Gasteiger partial charge in [0.05, 0.1) is 18.7 Å². The van der Waals surface area contributed by atoms with Crippen LogP contribution in [0.4, 0.5) is 0 Å². The van der Waals surface area contributed by atoms with Crippen molar-refractivity contribution in [2.45, 2.75) is 143 Å². The molecule has 3 aliphatic carbocycles. The van der Waals surface area contributed by atoms with Crippen molar-refractivity contribution in [1.29, 1.82) is 0 Å². The number of hydrogen-bond acceptors (Lipinski definition) is 13. The summed E-state index contributed by atoms with van der Waals surface area (Å²) in [4.78, 5) is 44.6. The number of ether oxygens (including phenoxy) is 3. The number of likely N-dealkylation sites (tertiary alicyclic amines) is 2. The lowest BCUT2D eigenvalue weighted by molar-refractivity contribution is -0.156. The van der Waals surface area contributed by atoms with Crippen LogP contribution in [-0.2, 0) is 69.0 Å². The van der Waals surface area contributed by atoms with Gasteiger partial charge in [-0.1, -0.05) is 61.5 Å². The Hall–Kier alpha value is -5.64. The fraction of sp³-hybridized carbons (Fsp3) is 0.545.